The molecule has 21 heavy (non-hydrogen) atoms. The summed E-state index contributed by atoms with van der Waals surface area (Å²) in [5, 5.41) is 2.87. The van der Waals surface area contributed by atoms with E-state index in [1.54, 1.807) is 6.07 Å². The maximum atomic E-state index is 12.6. The van der Waals surface area contributed by atoms with Gasteiger partial charge in [0.15, 0.2) is 0 Å². The Morgan fingerprint density at radius 3 is 2.38 bits per heavy atom. The highest BCUT2D eigenvalue weighted by Crippen LogP contribution is 2.29. The van der Waals surface area contributed by atoms with Crippen LogP contribution in [-0.4, -0.2) is 6.54 Å². The molecule has 0 bridgehead atoms. The van der Waals surface area contributed by atoms with Crippen molar-refractivity contribution in [2.45, 2.75) is 18.1 Å². The van der Waals surface area contributed by atoms with Crippen molar-refractivity contribution < 1.29 is 13.2 Å². The van der Waals surface area contributed by atoms with E-state index in [1.165, 1.54) is 6.07 Å². The van der Waals surface area contributed by atoms with Crippen molar-refractivity contribution in [3.63, 3.8) is 0 Å². The smallest absolute Gasteiger partial charge is 0.311 e. The molecule has 0 saturated carbocycles. The maximum Gasteiger partial charge on any atom is 0.416 e. The van der Waals surface area contributed by atoms with Crippen molar-refractivity contribution in [1.29, 1.82) is 0 Å². The summed E-state index contributed by atoms with van der Waals surface area (Å²) in [5.41, 5.74) is 0.935. The van der Waals surface area contributed by atoms with Crippen LogP contribution in [0.1, 0.15) is 22.1 Å². The summed E-state index contributed by atoms with van der Waals surface area (Å²) in [7, 11) is 0. The SMILES string of the molecule is FC(F)(F)c1cccc(CNCC(Cl)c2ccccc2)c1. The van der Waals surface area contributed by atoms with E-state index in [1.807, 2.05) is 30.3 Å². The van der Waals surface area contributed by atoms with Gasteiger partial charge in [0.25, 0.3) is 0 Å². The second-order valence-corrected chi connectivity index (χ2v) is 5.23. The van der Waals surface area contributed by atoms with Crippen LogP contribution in [-0.2, 0) is 12.7 Å². The van der Waals surface area contributed by atoms with Gasteiger partial charge in [-0.1, -0.05) is 48.5 Å². The highest BCUT2D eigenvalue weighted by atomic mass is 35.5. The van der Waals surface area contributed by atoms with Gasteiger partial charge in [-0.05, 0) is 17.2 Å². The molecule has 112 valence electrons. The molecule has 1 atom stereocenters. The Labute approximate surface area is 126 Å². The Kier molecular flexibility index (Phi) is 5.26. The average molecular weight is 314 g/mol. The molecule has 2 rings (SSSR count). The molecule has 1 N–H and O–H groups in total. The molecule has 1 unspecified atom stereocenters. The molecule has 5 heteroatoms. The van der Waals surface area contributed by atoms with Crippen LogP contribution in [0.15, 0.2) is 54.6 Å². The molecule has 0 aliphatic carbocycles. The topological polar surface area (TPSA) is 12.0 Å². The predicted octanol–water partition coefficient (Wildman–Crippen LogP) is 4.78. The third-order valence-corrected chi connectivity index (χ3v) is 3.47. The van der Waals surface area contributed by atoms with Crippen molar-refractivity contribution in [2.24, 2.45) is 0 Å². The minimum Gasteiger partial charge on any atom is -0.311 e. The number of benzene rings is 2. The van der Waals surface area contributed by atoms with E-state index < -0.39 is 11.7 Å². The summed E-state index contributed by atoms with van der Waals surface area (Å²) >= 11 is 6.23. The molecule has 0 amide bonds. The summed E-state index contributed by atoms with van der Waals surface area (Å²) in [6.07, 6.45) is -4.31. The van der Waals surface area contributed by atoms with Gasteiger partial charge in [0.2, 0.25) is 0 Å². The highest BCUT2D eigenvalue weighted by molar-refractivity contribution is 6.21. The summed E-state index contributed by atoms with van der Waals surface area (Å²) < 4.78 is 37.8. The van der Waals surface area contributed by atoms with E-state index in [-0.39, 0.29) is 5.38 Å². The lowest BCUT2D eigenvalue weighted by Gasteiger charge is -2.12. The first kappa shape index (κ1) is 15.9. The summed E-state index contributed by atoms with van der Waals surface area (Å²) in [6, 6.07) is 14.8. The zero-order valence-corrected chi connectivity index (χ0v) is 12.0. The Hall–Kier alpha value is -1.52. The fourth-order valence-corrected chi connectivity index (χ4v) is 2.24. The maximum absolute atomic E-state index is 12.6. The van der Waals surface area contributed by atoms with Crippen LogP contribution in [0.4, 0.5) is 13.2 Å². The van der Waals surface area contributed by atoms with Crippen molar-refractivity contribution in [2.75, 3.05) is 6.54 Å². The van der Waals surface area contributed by atoms with Gasteiger partial charge < -0.3 is 5.32 Å². The number of hydrogen-bond donors (Lipinski definition) is 1. The summed E-state index contributed by atoms with van der Waals surface area (Å²) in [5.74, 6) is 0. The molecular formula is C16H15ClF3N. The molecule has 0 aromatic heterocycles. The van der Waals surface area contributed by atoms with E-state index in [9.17, 15) is 13.2 Å². The quantitative estimate of drug-likeness (QED) is 0.784. The monoisotopic (exact) mass is 313 g/mol. The lowest BCUT2D eigenvalue weighted by molar-refractivity contribution is -0.137. The lowest BCUT2D eigenvalue weighted by Crippen LogP contribution is -2.19. The minimum atomic E-state index is -4.31. The summed E-state index contributed by atoms with van der Waals surface area (Å²) in [4.78, 5) is 0. The number of rotatable bonds is 5. The molecule has 0 saturated heterocycles. The second-order valence-electron chi connectivity index (χ2n) is 4.71. The Bertz CT molecular complexity index is 569. The van der Waals surface area contributed by atoms with E-state index in [2.05, 4.69) is 5.32 Å². The van der Waals surface area contributed by atoms with Gasteiger partial charge in [-0.25, -0.2) is 0 Å². The third-order valence-electron chi connectivity index (χ3n) is 3.07. The zero-order chi connectivity index (χ0) is 15.3. The van der Waals surface area contributed by atoms with Crippen LogP contribution < -0.4 is 5.32 Å². The first-order valence-electron chi connectivity index (χ1n) is 6.52. The molecular weight excluding hydrogens is 299 g/mol. The molecule has 0 fully saturated rings. The van der Waals surface area contributed by atoms with Crippen LogP contribution in [0.2, 0.25) is 0 Å². The molecule has 0 radical (unpaired) electrons. The normalized spacial score (nSPS) is 13.1. The van der Waals surface area contributed by atoms with Crippen molar-refractivity contribution in [3.05, 3.63) is 71.3 Å². The van der Waals surface area contributed by atoms with Gasteiger partial charge in [-0.2, -0.15) is 13.2 Å². The van der Waals surface area contributed by atoms with Gasteiger partial charge in [-0.3, -0.25) is 0 Å². The van der Waals surface area contributed by atoms with Crippen LogP contribution in [0.5, 0.6) is 0 Å². The number of halogens is 4. The molecule has 0 spiro atoms. The van der Waals surface area contributed by atoms with Crippen LogP contribution in [0.25, 0.3) is 0 Å². The van der Waals surface area contributed by atoms with Gasteiger partial charge in [-0.15, -0.1) is 11.6 Å². The molecule has 2 aromatic carbocycles. The van der Waals surface area contributed by atoms with Gasteiger partial charge in [0.05, 0.1) is 10.9 Å². The van der Waals surface area contributed by atoms with Crippen LogP contribution in [0.3, 0.4) is 0 Å². The Morgan fingerprint density at radius 1 is 1.00 bits per heavy atom. The Balaban J connectivity index is 1.89. The fraction of sp³-hybridized carbons (Fsp3) is 0.250. The van der Waals surface area contributed by atoms with E-state index >= 15 is 0 Å². The molecule has 0 aliphatic rings. The number of hydrogen-bond acceptors (Lipinski definition) is 1. The highest BCUT2D eigenvalue weighted by Gasteiger charge is 2.30. The predicted molar refractivity (Wildman–Crippen MR) is 78.2 cm³/mol. The minimum absolute atomic E-state index is 0.211. The van der Waals surface area contributed by atoms with Crippen LogP contribution >= 0.6 is 11.6 Å². The molecule has 0 heterocycles. The number of alkyl halides is 4. The van der Waals surface area contributed by atoms with Gasteiger partial charge in [0.1, 0.15) is 0 Å². The van der Waals surface area contributed by atoms with E-state index in [0.29, 0.717) is 18.7 Å². The average Bonchev–Trinajstić information content (AvgIpc) is 2.47. The standard InChI is InChI=1S/C16H15ClF3N/c17-15(13-6-2-1-3-7-13)11-21-10-12-5-4-8-14(9-12)16(18,19)20/h1-9,15,21H,10-11H2. The van der Waals surface area contributed by atoms with Gasteiger partial charge in [0, 0.05) is 13.1 Å². The molecule has 1 nitrogen and oxygen atoms in total. The zero-order valence-electron chi connectivity index (χ0n) is 11.2. The third kappa shape index (κ3) is 4.76. The number of nitrogens with one attached hydrogen (secondary N) is 1. The second kappa shape index (κ2) is 6.96. The first-order chi connectivity index (χ1) is 9.97. The lowest BCUT2D eigenvalue weighted by atomic mass is 10.1. The Morgan fingerprint density at radius 2 is 1.71 bits per heavy atom. The molecule has 2 aromatic rings. The largest absolute Gasteiger partial charge is 0.416 e. The molecule has 0 aliphatic heterocycles. The van der Waals surface area contributed by atoms with Crippen molar-refractivity contribution in [1.82, 2.24) is 5.32 Å². The van der Waals surface area contributed by atoms with E-state index in [0.717, 1.165) is 17.7 Å². The van der Waals surface area contributed by atoms with Crippen LogP contribution in [0, 0.1) is 0 Å². The van der Waals surface area contributed by atoms with Crippen molar-refractivity contribution >= 4 is 11.6 Å². The first-order valence-corrected chi connectivity index (χ1v) is 6.96. The van der Waals surface area contributed by atoms with Crippen molar-refractivity contribution in [3.8, 4) is 0 Å². The van der Waals surface area contributed by atoms with E-state index in [4.69, 9.17) is 11.6 Å². The summed E-state index contributed by atoms with van der Waals surface area (Å²) in [6.45, 7) is 0.835. The fourth-order valence-electron chi connectivity index (χ4n) is 1.98. The van der Waals surface area contributed by atoms with Gasteiger partial charge >= 0.3 is 6.18 Å².